The van der Waals surface area contributed by atoms with Crippen LogP contribution >= 0.6 is 0 Å². The molecular weight excluding hydrogens is 232 g/mol. The maximum absolute atomic E-state index is 11.5. The minimum absolute atomic E-state index is 0.361. The summed E-state index contributed by atoms with van der Waals surface area (Å²) in [5.74, 6) is 0. The first kappa shape index (κ1) is 17.8. The number of nitrogens with zero attached hydrogens (tertiary/aromatic N) is 2. The van der Waals surface area contributed by atoms with Crippen LogP contribution in [0, 0.1) is 10.4 Å². The lowest BCUT2D eigenvalue weighted by Crippen LogP contribution is -2.46. The predicted octanol–water partition coefficient (Wildman–Crippen LogP) is 1.28. The topological polar surface area (TPSA) is 76.7 Å². The summed E-state index contributed by atoms with van der Waals surface area (Å²) in [6.07, 6.45) is 0. The Hall–Kier alpha value is -0.240. The number of hydroxylamine groups is 4. The van der Waals surface area contributed by atoms with Gasteiger partial charge in [-0.2, -0.15) is 0 Å². The first-order valence-corrected chi connectivity index (χ1v) is 6.40. The fourth-order valence-corrected chi connectivity index (χ4v) is 1.16. The summed E-state index contributed by atoms with van der Waals surface area (Å²) >= 11 is 0. The standard InChI is InChI=1S/C12H28N4O2/c1-11(2,3)15(17)9-7-13-14-8-10-16(18)12(4,5)6/h13-14H,7-10H2,1-6H3/q-2. The molecule has 0 aromatic rings. The van der Waals surface area contributed by atoms with E-state index in [1.807, 2.05) is 41.5 Å². The molecule has 0 bridgehead atoms. The average Bonchev–Trinajstić information content (AvgIpc) is 2.19. The Morgan fingerprint density at radius 2 is 1.00 bits per heavy atom. The molecule has 0 heterocycles. The van der Waals surface area contributed by atoms with Gasteiger partial charge >= 0.3 is 0 Å². The van der Waals surface area contributed by atoms with Crippen molar-refractivity contribution in [2.75, 3.05) is 26.2 Å². The molecule has 0 atom stereocenters. The summed E-state index contributed by atoms with van der Waals surface area (Å²) in [5, 5.41) is 25.1. The summed E-state index contributed by atoms with van der Waals surface area (Å²) < 4.78 is 0. The third-order valence-corrected chi connectivity index (χ3v) is 2.50. The van der Waals surface area contributed by atoms with E-state index < -0.39 is 0 Å². The molecule has 18 heavy (non-hydrogen) atoms. The molecule has 0 radical (unpaired) electrons. The highest BCUT2D eigenvalue weighted by Crippen LogP contribution is 2.10. The lowest BCUT2D eigenvalue weighted by Gasteiger charge is -2.42. The van der Waals surface area contributed by atoms with Gasteiger partial charge in [0.2, 0.25) is 0 Å². The Balaban J connectivity index is 3.53. The van der Waals surface area contributed by atoms with Crippen molar-refractivity contribution >= 4 is 0 Å². The van der Waals surface area contributed by atoms with Crippen molar-refractivity contribution in [3.8, 4) is 0 Å². The minimum atomic E-state index is -0.361. The molecule has 2 N–H and O–H groups in total. The Labute approximate surface area is 111 Å². The monoisotopic (exact) mass is 260 g/mol. The summed E-state index contributed by atoms with van der Waals surface area (Å²) in [6.45, 7) is 13.2. The minimum Gasteiger partial charge on any atom is -0.785 e. The maximum Gasteiger partial charge on any atom is 0.0218 e. The van der Waals surface area contributed by atoms with Crippen molar-refractivity contribution in [3.05, 3.63) is 10.4 Å². The molecule has 0 aromatic heterocycles. The molecular formula is C12H28N4O2-2. The summed E-state index contributed by atoms with van der Waals surface area (Å²) in [5.41, 5.74) is 5.15. The van der Waals surface area contributed by atoms with Gasteiger partial charge in [-0.25, -0.2) is 0 Å². The van der Waals surface area contributed by atoms with E-state index in [9.17, 15) is 10.4 Å². The van der Waals surface area contributed by atoms with Crippen LogP contribution in [0.2, 0.25) is 0 Å². The van der Waals surface area contributed by atoms with Gasteiger partial charge in [0.25, 0.3) is 0 Å². The molecule has 0 rings (SSSR count). The Morgan fingerprint density at radius 1 is 0.722 bits per heavy atom. The lowest BCUT2D eigenvalue weighted by molar-refractivity contribution is 0.194. The van der Waals surface area contributed by atoms with E-state index in [0.29, 0.717) is 26.2 Å². The van der Waals surface area contributed by atoms with Crippen LogP contribution in [0.3, 0.4) is 0 Å². The fourth-order valence-electron chi connectivity index (χ4n) is 1.16. The zero-order chi connectivity index (χ0) is 14.4. The fraction of sp³-hybridized carbons (Fsp3) is 1.00. The maximum atomic E-state index is 11.5. The molecule has 110 valence electrons. The van der Waals surface area contributed by atoms with Crippen molar-refractivity contribution in [1.82, 2.24) is 21.0 Å². The normalized spacial score (nSPS) is 13.7. The summed E-state index contributed by atoms with van der Waals surface area (Å²) in [6, 6.07) is 0. The zero-order valence-corrected chi connectivity index (χ0v) is 12.5. The van der Waals surface area contributed by atoms with Crippen molar-refractivity contribution in [2.45, 2.75) is 52.6 Å². The van der Waals surface area contributed by atoms with Crippen molar-refractivity contribution in [1.29, 1.82) is 0 Å². The van der Waals surface area contributed by atoms with E-state index in [4.69, 9.17) is 0 Å². The lowest BCUT2D eigenvalue weighted by atomic mass is 10.1. The van der Waals surface area contributed by atoms with Crippen LogP contribution in [0.5, 0.6) is 0 Å². The molecule has 0 fully saturated rings. The van der Waals surface area contributed by atoms with E-state index >= 15 is 0 Å². The van der Waals surface area contributed by atoms with Crippen molar-refractivity contribution < 1.29 is 0 Å². The van der Waals surface area contributed by atoms with Gasteiger partial charge in [0.1, 0.15) is 0 Å². The second-order valence-electron chi connectivity index (χ2n) is 6.40. The first-order valence-electron chi connectivity index (χ1n) is 6.40. The van der Waals surface area contributed by atoms with Gasteiger partial charge in [0.15, 0.2) is 0 Å². The van der Waals surface area contributed by atoms with Gasteiger partial charge in [-0.1, -0.05) is 0 Å². The third kappa shape index (κ3) is 7.97. The molecule has 0 aliphatic carbocycles. The second-order valence-corrected chi connectivity index (χ2v) is 6.40. The van der Waals surface area contributed by atoms with Crippen molar-refractivity contribution in [3.63, 3.8) is 0 Å². The molecule has 0 aliphatic rings. The highest BCUT2D eigenvalue weighted by atomic mass is 16.5. The number of hydrogen-bond acceptors (Lipinski definition) is 6. The Bertz CT molecular complexity index is 199. The Kier molecular flexibility index (Phi) is 7.28. The molecule has 0 aliphatic heterocycles. The van der Waals surface area contributed by atoms with Crippen LogP contribution in [-0.2, 0) is 0 Å². The zero-order valence-electron chi connectivity index (χ0n) is 12.5. The molecule has 0 saturated heterocycles. The van der Waals surface area contributed by atoms with Crippen LogP contribution < -0.4 is 10.9 Å². The van der Waals surface area contributed by atoms with Crippen LogP contribution in [0.1, 0.15) is 41.5 Å². The molecule has 0 spiro atoms. The van der Waals surface area contributed by atoms with Gasteiger partial charge in [-0.3, -0.25) is 10.9 Å². The van der Waals surface area contributed by atoms with Gasteiger partial charge in [0.05, 0.1) is 0 Å². The quantitative estimate of drug-likeness (QED) is 0.530. The van der Waals surface area contributed by atoms with Crippen LogP contribution in [0.15, 0.2) is 0 Å². The van der Waals surface area contributed by atoms with E-state index in [1.54, 1.807) is 0 Å². The molecule has 0 saturated carbocycles. The van der Waals surface area contributed by atoms with Gasteiger partial charge in [-0.15, -0.1) is 0 Å². The van der Waals surface area contributed by atoms with Crippen molar-refractivity contribution in [2.24, 2.45) is 0 Å². The predicted molar refractivity (Wildman–Crippen MR) is 75.7 cm³/mol. The molecule has 6 heteroatoms. The smallest absolute Gasteiger partial charge is 0.0218 e. The Morgan fingerprint density at radius 3 is 1.22 bits per heavy atom. The molecule has 0 amide bonds. The highest BCUT2D eigenvalue weighted by Gasteiger charge is 2.12. The third-order valence-electron chi connectivity index (χ3n) is 2.50. The average molecular weight is 260 g/mol. The van der Waals surface area contributed by atoms with Gasteiger partial charge in [0, 0.05) is 37.3 Å². The van der Waals surface area contributed by atoms with E-state index in [1.165, 1.54) is 0 Å². The highest BCUT2D eigenvalue weighted by molar-refractivity contribution is 4.77. The SMILES string of the molecule is CC(C)(C)N([O-])CCNNCCN([O-])C(C)(C)C. The van der Waals surface area contributed by atoms with Crippen LogP contribution in [-0.4, -0.2) is 47.4 Å². The number of hydrogen-bond donors (Lipinski definition) is 2. The van der Waals surface area contributed by atoms with E-state index in [-0.39, 0.29) is 11.1 Å². The number of nitrogens with one attached hydrogen (secondary N) is 2. The van der Waals surface area contributed by atoms with E-state index in [0.717, 1.165) is 10.1 Å². The van der Waals surface area contributed by atoms with Gasteiger partial charge in [-0.05, 0) is 41.5 Å². The summed E-state index contributed by atoms with van der Waals surface area (Å²) in [7, 11) is 0. The number of rotatable bonds is 7. The second kappa shape index (κ2) is 7.37. The number of hydrazine groups is 1. The molecule has 6 nitrogen and oxygen atoms in total. The van der Waals surface area contributed by atoms with Gasteiger partial charge < -0.3 is 20.5 Å². The molecule has 0 aromatic carbocycles. The first-order chi connectivity index (χ1) is 8.05. The van der Waals surface area contributed by atoms with Crippen LogP contribution in [0.25, 0.3) is 0 Å². The summed E-state index contributed by atoms with van der Waals surface area (Å²) in [4.78, 5) is 0. The molecule has 0 unspecified atom stereocenters. The largest absolute Gasteiger partial charge is 0.785 e. The van der Waals surface area contributed by atoms with E-state index in [2.05, 4.69) is 10.9 Å². The van der Waals surface area contributed by atoms with Crippen LogP contribution in [0.4, 0.5) is 0 Å².